The van der Waals surface area contributed by atoms with Crippen LogP contribution in [-0.4, -0.2) is 4.98 Å². The van der Waals surface area contributed by atoms with Gasteiger partial charge in [-0.05, 0) is 28.1 Å². The van der Waals surface area contributed by atoms with Gasteiger partial charge in [0.15, 0.2) is 0 Å². The Morgan fingerprint density at radius 3 is 2.56 bits per heavy atom. The number of rotatable bonds is 0. The van der Waals surface area contributed by atoms with E-state index in [2.05, 4.69) is 20.9 Å². The second-order valence-electron chi connectivity index (χ2n) is 1.41. The topological polar surface area (TPSA) is 38.9 Å². The molecule has 0 bridgehead atoms. The van der Waals surface area contributed by atoms with Crippen molar-refractivity contribution in [2.24, 2.45) is 0 Å². The number of aromatic nitrogens is 1. The van der Waals surface area contributed by atoms with Gasteiger partial charge in [0.1, 0.15) is 4.60 Å². The van der Waals surface area contributed by atoms with Gasteiger partial charge in [0.05, 0.1) is 0 Å². The van der Waals surface area contributed by atoms with E-state index in [9.17, 15) is 0 Å². The number of nitrogens with zero attached hydrogens (tertiary/aromatic N) is 1. The Hall–Kier alpha value is -0.280. The van der Waals surface area contributed by atoms with Gasteiger partial charge in [0.25, 0.3) is 0 Å². The number of hydrogen-bond donors (Lipinski definition) is 1. The van der Waals surface area contributed by atoms with Crippen molar-refractivity contribution < 1.29 is 0 Å². The van der Waals surface area contributed by atoms with Crippen LogP contribution < -0.4 is 5.73 Å². The molecule has 0 spiro atoms. The summed E-state index contributed by atoms with van der Waals surface area (Å²) in [5.74, 6) is 0. The van der Waals surface area contributed by atoms with Crippen molar-refractivity contribution in [1.82, 2.24) is 4.98 Å². The van der Waals surface area contributed by atoms with E-state index in [0.717, 1.165) is 10.3 Å². The number of anilines is 1. The second kappa shape index (κ2) is 3.69. The number of nitrogens with two attached hydrogens (primary N) is 1. The van der Waals surface area contributed by atoms with Gasteiger partial charge in [-0.25, -0.2) is 4.98 Å². The molecule has 1 aromatic rings. The minimum atomic E-state index is 0. The van der Waals surface area contributed by atoms with Crippen LogP contribution in [0.15, 0.2) is 22.9 Å². The van der Waals surface area contributed by atoms with Gasteiger partial charge < -0.3 is 5.73 Å². The molecule has 50 valence electrons. The molecule has 0 aliphatic rings. The highest BCUT2D eigenvalue weighted by Gasteiger charge is 1.84. The SMILES string of the molecule is Cl.Nc1ccnc(Br)c1. The van der Waals surface area contributed by atoms with Gasteiger partial charge in [-0.15, -0.1) is 12.4 Å². The number of pyridine rings is 1. The van der Waals surface area contributed by atoms with Gasteiger partial charge in [-0.1, -0.05) is 0 Å². The maximum absolute atomic E-state index is 5.39. The first-order valence-corrected chi connectivity index (χ1v) is 2.95. The van der Waals surface area contributed by atoms with Gasteiger partial charge in [-0.2, -0.15) is 0 Å². The van der Waals surface area contributed by atoms with E-state index in [1.54, 1.807) is 18.3 Å². The predicted molar refractivity (Wildman–Crippen MR) is 43.6 cm³/mol. The molecular formula is C5H6BrClN2. The molecule has 0 aromatic carbocycles. The summed E-state index contributed by atoms with van der Waals surface area (Å²) < 4.78 is 0.775. The average Bonchev–Trinajstić information content (AvgIpc) is 1.64. The Kier molecular flexibility index (Phi) is 3.58. The molecule has 0 unspecified atom stereocenters. The smallest absolute Gasteiger partial charge is 0.108 e. The molecule has 1 heterocycles. The normalized spacial score (nSPS) is 8.11. The zero-order chi connectivity index (χ0) is 5.98. The Morgan fingerprint density at radius 2 is 2.22 bits per heavy atom. The molecule has 0 atom stereocenters. The third-order valence-corrected chi connectivity index (χ3v) is 1.18. The number of halogens is 2. The van der Waals surface area contributed by atoms with Crippen LogP contribution in [0.25, 0.3) is 0 Å². The lowest BCUT2D eigenvalue weighted by Gasteiger charge is -1.88. The Morgan fingerprint density at radius 1 is 1.56 bits per heavy atom. The zero-order valence-electron chi connectivity index (χ0n) is 4.54. The first-order chi connectivity index (χ1) is 3.79. The Bertz CT molecular complexity index is 175. The van der Waals surface area contributed by atoms with E-state index in [1.807, 2.05) is 0 Å². The molecule has 0 saturated heterocycles. The number of hydrogen-bond acceptors (Lipinski definition) is 2. The monoisotopic (exact) mass is 208 g/mol. The minimum absolute atomic E-state index is 0. The summed E-state index contributed by atoms with van der Waals surface area (Å²) in [6.07, 6.45) is 1.65. The van der Waals surface area contributed by atoms with Crippen LogP contribution >= 0.6 is 28.3 Å². The molecule has 0 fully saturated rings. The summed E-state index contributed by atoms with van der Waals surface area (Å²) >= 11 is 3.17. The summed E-state index contributed by atoms with van der Waals surface area (Å²) in [5.41, 5.74) is 6.12. The van der Waals surface area contributed by atoms with Gasteiger partial charge in [0.2, 0.25) is 0 Å². The van der Waals surface area contributed by atoms with Crippen molar-refractivity contribution in [2.45, 2.75) is 0 Å². The molecule has 0 radical (unpaired) electrons. The fourth-order valence-corrected chi connectivity index (χ4v) is 0.800. The predicted octanol–water partition coefficient (Wildman–Crippen LogP) is 1.85. The third-order valence-electron chi connectivity index (χ3n) is 0.751. The lowest BCUT2D eigenvalue weighted by molar-refractivity contribution is 1.28. The molecule has 0 amide bonds. The largest absolute Gasteiger partial charge is 0.399 e. The molecule has 2 N–H and O–H groups in total. The highest BCUT2D eigenvalue weighted by Crippen LogP contribution is 2.07. The van der Waals surface area contributed by atoms with E-state index in [4.69, 9.17) is 5.73 Å². The number of nitrogen functional groups attached to an aromatic ring is 1. The average molecular weight is 209 g/mol. The standard InChI is InChI=1S/C5H5BrN2.ClH/c6-5-3-4(7)1-2-8-5;/h1-3H,(H2,7,8);1H. The van der Waals surface area contributed by atoms with Crippen molar-refractivity contribution in [3.05, 3.63) is 22.9 Å². The van der Waals surface area contributed by atoms with Crippen LogP contribution in [0.4, 0.5) is 5.69 Å². The maximum Gasteiger partial charge on any atom is 0.108 e. The highest BCUT2D eigenvalue weighted by molar-refractivity contribution is 9.10. The molecular weight excluding hydrogens is 203 g/mol. The molecule has 4 heteroatoms. The van der Waals surface area contributed by atoms with Crippen LogP contribution in [0.2, 0.25) is 0 Å². The highest BCUT2D eigenvalue weighted by atomic mass is 79.9. The van der Waals surface area contributed by atoms with Crippen molar-refractivity contribution in [1.29, 1.82) is 0 Å². The molecule has 9 heavy (non-hydrogen) atoms. The lowest BCUT2D eigenvalue weighted by Crippen LogP contribution is -1.83. The van der Waals surface area contributed by atoms with Crippen molar-refractivity contribution in [2.75, 3.05) is 5.73 Å². The summed E-state index contributed by atoms with van der Waals surface area (Å²) in [5, 5.41) is 0. The Labute approximate surface area is 68.0 Å². The molecule has 0 aliphatic carbocycles. The fourth-order valence-electron chi connectivity index (χ4n) is 0.417. The van der Waals surface area contributed by atoms with Crippen LogP contribution in [0, 0.1) is 0 Å². The lowest BCUT2D eigenvalue weighted by atomic mass is 10.4. The quantitative estimate of drug-likeness (QED) is 0.662. The van der Waals surface area contributed by atoms with Gasteiger partial charge in [0, 0.05) is 11.9 Å². The first-order valence-electron chi connectivity index (χ1n) is 2.16. The third kappa shape index (κ3) is 2.67. The van der Waals surface area contributed by atoms with Crippen LogP contribution in [0.5, 0.6) is 0 Å². The van der Waals surface area contributed by atoms with Crippen LogP contribution in [-0.2, 0) is 0 Å². The van der Waals surface area contributed by atoms with Crippen molar-refractivity contribution in [3.63, 3.8) is 0 Å². The summed E-state index contributed by atoms with van der Waals surface area (Å²) in [6, 6.07) is 3.49. The van der Waals surface area contributed by atoms with Crippen LogP contribution in [0.1, 0.15) is 0 Å². The summed E-state index contributed by atoms with van der Waals surface area (Å²) in [4.78, 5) is 3.88. The molecule has 1 aromatic heterocycles. The summed E-state index contributed by atoms with van der Waals surface area (Å²) in [6.45, 7) is 0. The second-order valence-corrected chi connectivity index (χ2v) is 2.22. The molecule has 0 saturated carbocycles. The van der Waals surface area contributed by atoms with Crippen molar-refractivity contribution in [3.8, 4) is 0 Å². The van der Waals surface area contributed by atoms with Crippen molar-refractivity contribution >= 4 is 34.0 Å². The summed E-state index contributed by atoms with van der Waals surface area (Å²) in [7, 11) is 0. The Balaban J connectivity index is 0.000000640. The maximum atomic E-state index is 5.39. The van der Waals surface area contributed by atoms with E-state index < -0.39 is 0 Å². The van der Waals surface area contributed by atoms with Crippen LogP contribution in [0.3, 0.4) is 0 Å². The molecule has 1 rings (SSSR count). The van der Waals surface area contributed by atoms with Gasteiger partial charge >= 0.3 is 0 Å². The minimum Gasteiger partial charge on any atom is -0.399 e. The zero-order valence-corrected chi connectivity index (χ0v) is 6.95. The first kappa shape index (κ1) is 8.72. The van der Waals surface area contributed by atoms with E-state index in [-0.39, 0.29) is 12.4 Å². The fraction of sp³-hybridized carbons (Fsp3) is 0. The van der Waals surface area contributed by atoms with E-state index in [0.29, 0.717) is 0 Å². The van der Waals surface area contributed by atoms with Gasteiger partial charge in [-0.3, -0.25) is 0 Å². The van der Waals surface area contributed by atoms with E-state index >= 15 is 0 Å². The molecule has 2 nitrogen and oxygen atoms in total. The molecule has 0 aliphatic heterocycles. The van der Waals surface area contributed by atoms with E-state index in [1.165, 1.54) is 0 Å².